The molecule has 3 rings (SSSR count). The van der Waals surface area contributed by atoms with Crippen molar-refractivity contribution >= 4 is 0 Å². The lowest BCUT2D eigenvalue weighted by molar-refractivity contribution is -0.0224. The summed E-state index contributed by atoms with van der Waals surface area (Å²) in [5, 5.41) is 4.12. The number of rotatable bonds is 4. The van der Waals surface area contributed by atoms with Crippen LogP contribution in [0.25, 0.3) is 11.4 Å². The summed E-state index contributed by atoms with van der Waals surface area (Å²) in [5.41, 5.74) is 0.607. The fourth-order valence-corrected chi connectivity index (χ4v) is 2.59. The number of hydrogen-bond acceptors (Lipinski definition) is 6. The van der Waals surface area contributed by atoms with Crippen LogP contribution in [0.3, 0.4) is 0 Å². The summed E-state index contributed by atoms with van der Waals surface area (Å²) in [6, 6.07) is 7.63. The number of methoxy groups -OCH3 is 1. The first kappa shape index (κ1) is 15.0. The van der Waals surface area contributed by atoms with E-state index >= 15 is 0 Å². The van der Waals surface area contributed by atoms with Crippen molar-refractivity contribution in [1.29, 1.82) is 0 Å². The van der Waals surface area contributed by atoms with Gasteiger partial charge in [0.25, 0.3) is 0 Å². The largest absolute Gasteiger partial charge is 0.497 e. The van der Waals surface area contributed by atoms with Gasteiger partial charge in [0.1, 0.15) is 5.75 Å². The van der Waals surface area contributed by atoms with Crippen LogP contribution >= 0.6 is 0 Å². The zero-order chi connectivity index (χ0) is 15.6. The van der Waals surface area contributed by atoms with Gasteiger partial charge in [-0.25, -0.2) is 0 Å². The lowest BCUT2D eigenvalue weighted by atomic mass is 10.0. The number of nitrogens with zero attached hydrogens (tertiary/aromatic N) is 3. The van der Waals surface area contributed by atoms with E-state index in [1.54, 1.807) is 7.11 Å². The van der Waals surface area contributed by atoms with E-state index in [1.165, 1.54) is 0 Å². The smallest absolute Gasteiger partial charge is 0.246 e. The van der Waals surface area contributed by atoms with Crippen LogP contribution in [-0.2, 0) is 10.3 Å². The van der Waals surface area contributed by atoms with Gasteiger partial charge in [-0.2, -0.15) is 4.98 Å². The second-order valence-electron chi connectivity index (χ2n) is 5.81. The highest BCUT2D eigenvalue weighted by molar-refractivity contribution is 5.55. The first-order valence-corrected chi connectivity index (χ1v) is 7.42. The van der Waals surface area contributed by atoms with Crippen LogP contribution in [-0.4, -0.2) is 48.5 Å². The Hall–Kier alpha value is -1.92. The summed E-state index contributed by atoms with van der Waals surface area (Å²) < 4.78 is 16.1. The van der Waals surface area contributed by atoms with Gasteiger partial charge in [0, 0.05) is 18.7 Å². The Morgan fingerprint density at radius 3 is 2.45 bits per heavy atom. The van der Waals surface area contributed by atoms with Crippen molar-refractivity contribution in [2.75, 3.05) is 33.4 Å². The van der Waals surface area contributed by atoms with Crippen LogP contribution in [0, 0.1) is 0 Å². The van der Waals surface area contributed by atoms with E-state index in [1.807, 2.05) is 24.3 Å². The van der Waals surface area contributed by atoms with Gasteiger partial charge in [0.15, 0.2) is 0 Å². The first-order chi connectivity index (χ1) is 10.6. The molecule has 2 aromatic rings. The predicted molar refractivity (Wildman–Crippen MR) is 81.7 cm³/mol. The van der Waals surface area contributed by atoms with Crippen molar-refractivity contribution in [1.82, 2.24) is 15.0 Å². The molecule has 0 atom stereocenters. The van der Waals surface area contributed by atoms with Gasteiger partial charge in [0.05, 0.1) is 25.9 Å². The van der Waals surface area contributed by atoms with Gasteiger partial charge in [0.2, 0.25) is 11.7 Å². The van der Waals surface area contributed by atoms with Gasteiger partial charge in [-0.3, -0.25) is 4.90 Å². The molecule has 0 unspecified atom stereocenters. The Bertz CT molecular complexity index is 616. The highest BCUT2D eigenvalue weighted by atomic mass is 16.5. The Morgan fingerprint density at radius 2 is 1.82 bits per heavy atom. The molecule has 1 aromatic heterocycles. The molecule has 1 aliphatic rings. The van der Waals surface area contributed by atoms with Crippen LogP contribution < -0.4 is 4.74 Å². The summed E-state index contributed by atoms with van der Waals surface area (Å²) in [4.78, 5) is 6.89. The standard InChI is InChI=1S/C16H21N3O3/c1-16(2,19-8-10-21-11-9-19)15-17-14(18-22-15)12-4-6-13(20-3)7-5-12/h4-7H,8-11H2,1-3H3. The van der Waals surface area contributed by atoms with Gasteiger partial charge in [-0.1, -0.05) is 5.16 Å². The minimum Gasteiger partial charge on any atom is -0.497 e. The summed E-state index contributed by atoms with van der Waals surface area (Å²) >= 11 is 0. The van der Waals surface area contributed by atoms with Gasteiger partial charge in [-0.15, -0.1) is 0 Å². The fourth-order valence-electron chi connectivity index (χ4n) is 2.59. The van der Waals surface area contributed by atoms with Crippen LogP contribution in [0.5, 0.6) is 5.75 Å². The average Bonchev–Trinajstić information content (AvgIpc) is 3.06. The number of aromatic nitrogens is 2. The highest BCUT2D eigenvalue weighted by Crippen LogP contribution is 2.29. The Labute approximate surface area is 130 Å². The predicted octanol–water partition coefficient (Wildman–Crippen LogP) is 2.31. The monoisotopic (exact) mass is 303 g/mol. The topological polar surface area (TPSA) is 60.6 Å². The molecule has 0 aliphatic carbocycles. The van der Waals surface area contributed by atoms with Crippen molar-refractivity contribution in [2.45, 2.75) is 19.4 Å². The van der Waals surface area contributed by atoms with E-state index in [0.29, 0.717) is 11.7 Å². The van der Waals surface area contributed by atoms with Crippen LogP contribution in [0.4, 0.5) is 0 Å². The molecular formula is C16H21N3O3. The Kier molecular flexibility index (Phi) is 4.13. The molecule has 1 saturated heterocycles. The number of benzene rings is 1. The van der Waals surface area contributed by atoms with E-state index < -0.39 is 0 Å². The van der Waals surface area contributed by atoms with Crippen LogP contribution in [0.15, 0.2) is 28.8 Å². The molecule has 0 bridgehead atoms. The molecule has 0 amide bonds. The van der Waals surface area contributed by atoms with E-state index in [9.17, 15) is 0 Å². The van der Waals surface area contributed by atoms with Crippen molar-refractivity contribution in [2.24, 2.45) is 0 Å². The number of hydrogen-bond donors (Lipinski definition) is 0. The molecular weight excluding hydrogens is 282 g/mol. The van der Waals surface area contributed by atoms with E-state index in [4.69, 9.17) is 14.0 Å². The highest BCUT2D eigenvalue weighted by Gasteiger charge is 2.35. The molecule has 22 heavy (non-hydrogen) atoms. The SMILES string of the molecule is COc1ccc(-c2noc(C(C)(C)N3CCOCC3)n2)cc1. The third-order valence-corrected chi connectivity index (χ3v) is 4.10. The maximum atomic E-state index is 5.52. The minimum absolute atomic E-state index is 0.304. The third kappa shape index (κ3) is 2.84. The first-order valence-electron chi connectivity index (χ1n) is 7.42. The van der Waals surface area contributed by atoms with Crippen LogP contribution in [0.2, 0.25) is 0 Å². The van der Waals surface area contributed by atoms with Crippen LogP contribution in [0.1, 0.15) is 19.7 Å². The number of ether oxygens (including phenoxy) is 2. The molecule has 0 spiro atoms. The van der Waals surface area contributed by atoms with Crippen molar-refractivity contribution in [3.8, 4) is 17.1 Å². The summed E-state index contributed by atoms with van der Waals surface area (Å²) in [6.07, 6.45) is 0. The maximum absolute atomic E-state index is 5.52. The quantitative estimate of drug-likeness (QED) is 0.864. The average molecular weight is 303 g/mol. The molecule has 6 heteroatoms. The zero-order valence-electron chi connectivity index (χ0n) is 13.2. The van der Waals surface area contributed by atoms with Crippen molar-refractivity contribution < 1.29 is 14.0 Å². The van der Waals surface area contributed by atoms with Crippen molar-refractivity contribution in [3.05, 3.63) is 30.2 Å². The molecule has 2 heterocycles. The fraction of sp³-hybridized carbons (Fsp3) is 0.500. The summed E-state index contributed by atoms with van der Waals surface area (Å²) in [7, 11) is 1.65. The maximum Gasteiger partial charge on any atom is 0.246 e. The minimum atomic E-state index is -0.304. The molecule has 0 radical (unpaired) electrons. The summed E-state index contributed by atoms with van der Waals surface area (Å²) in [5.74, 6) is 2.03. The number of morpholine rings is 1. The van der Waals surface area contributed by atoms with E-state index in [0.717, 1.165) is 37.6 Å². The third-order valence-electron chi connectivity index (χ3n) is 4.10. The second kappa shape index (κ2) is 6.06. The van der Waals surface area contributed by atoms with Gasteiger partial charge in [-0.05, 0) is 38.1 Å². The molecule has 0 N–H and O–H groups in total. The Balaban J connectivity index is 1.82. The van der Waals surface area contributed by atoms with Crippen molar-refractivity contribution in [3.63, 3.8) is 0 Å². The van der Waals surface area contributed by atoms with E-state index in [2.05, 4.69) is 28.9 Å². The zero-order valence-corrected chi connectivity index (χ0v) is 13.2. The molecule has 1 aromatic carbocycles. The lowest BCUT2D eigenvalue weighted by Crippen LogP contribution is -2.48. The van der Waals surface area contributed by atoms with E-state index in [-0.39, 0.29) is 5.54 Å². The lowest BCUT2D eigenvalue weighted by Gasteiger charge is -2.37. The normalized spacial score (nSPS) is 16.7. The Morgan fingerprint density at radius 1 is 1.14 bits per heavy atom. The molecule has 1 fully saturated rings. The molecule has 0 saturated carbocycles. The molecule has 118 valence electrons. The second-order valence-corrected chi connectivity index (χ2v) is 5.81. The molecule has 6 nitrogen and oxygen atoms in total. The van der Waals surface area contributed by atoms with Gasteiger partial charge < -0.3 is 14.0 Å². The van der Waals surface area contributed by atoms with Gasteiger partial charge >= 0.3 is 0 Å². The summed E-state index contributed by atoms with van der Waals surface area (Å²) in [6.45, 7) is 7.42. The molecule has 1 aliphatic heterocycles.